The molecule has 1 amide bonds. The summed E-state index contributed by atoms with van der Waals surface area (Å²) in [5, 5.41) is 4.66. The van der Waals surface area contributed by atoms with Crippen LogP contribution in [-0.4, -0.2) is 24.0 Å². The van der Waals surface area contributed by atoms with Crippen LogP contribution in [0.3, 0.4) is 0 Å². The third-order valence-electron chi connectivity index (χ3n) is 4.38. The zero-order valence-electron chi connectivity index (χ0n) is 12.4. The molecular formula is C18H17NO3. The summed E-state index contributed by atoms with van der Waals surface area (Å²) in [6.45, 7) is 1.35. The lowest BCUT2D eigenvalue weighted by Gasteiger charge is -2.11. The minimum absolute atomic E-state index is 0.0920. The molecule has 2 aromatic rings. The fraction of sp³-hybridized carbons (Fsp3) is 0.278. The van der Waals surface area contributed by atoms with E-state index < -0.39 is 5.41 Å². The van der Waals surface area contributed by atoms with E-state index in [1.807, 2.05) is 30.3 Å². The lowest BCUT2D eigenvalue weighted by atomic mass is 9.96. The topological polar surface area (TPSA) is 63.2 Å². The summed E-state index contributed by atoms with van der Waals surface area (Å²) in [6.07, 6.45) is 1.21. The molecule has 0 heterocycles. The highest BCUT2D eigenvalue weighted by molar-refractivity contribution is 6.11. The summed E-state index contributed by atoms with van der Waals surface area (Å²) >= 11 is 0. The Balaban J connectivity index is 1.69. The quantitative estimate of drug-likeness (QED) is 0.862. The van der Waals surface area contributed by atoms with Crippen molar-refractivity contribution in [2.45, 2.75) is 19.8 Å². The van der Waals surface area contributed by atoms with Crippen LogP contribution < -0.4 is 5.32 Å². The first-order chi connectivity index (χ1) is 10.5. The van der Waals surface area contributed by atoms with Gasteiger partial charge in [0.05, 0.1) is 12.0 Å². The molecule has 3 rings (SSSR count). The van der Waals surface area contributed by atoms with E-state index in [1.165, 1.54) is 6.92 Å². The van der Waals surface area contributed by atoms with E-state index in [9.17, 15) is 14.4 Å². The molecule has 1 fully saturated rings. The fourth-order valence-corrected chi connectivity index (χ4v) is 2.71. The number of ketones is 2. The summed E-state index contributed by atoms with van der Waals surface area (Å²) in [4.78, 5) is 35.7. The van der Waals surface area contributed by atoms with E-state index in [0.29, 0.717) is 18.4 Å². The standard InChI is InChI=1S/C18H17NO3/c1-12(20)18(8-9-18)16(21)11-19-17(22)15-7-6-13-4-2-3-5-14(13)10-15/h2-7,10H,8-9,11H2,1H3,(H,19,22). The van der Waals surface area contributed by atoms with E-state index in [1.54, 1.807) is 12.1 Å². The summed E-state index contributed by atoms with van der Waals surface area (Å²) in [5.74, 6) is -0.579. The summed E-state index contributed by atoms with van der Waals surface area (Å²) in [6, 6.07) is 13.2. The van der Waals surface area contributed by atoms with Crippen molar-refractivity contribution in [1.29, 1.82) is 0 Å². The smallest absolute Gasteiger partial charge is 0.251 e. The van der Waals surface area contributed by atoms with Crippen molar-refractivity contribution in [2.24, 2.45) is 5.41 Å². The van der Waals surface area contributed by atoms with Crippen LogP contribution in [0.25, 0.3) is 10.8 Å². The highest BCUT2D eigenvalue weighted by atomic mass is 16.2. The third-order valence-corrected chi connectivity index (χ3v) is 4.38. The SMILES string of the molecule is CC(=O)C1(C(=O)CNC(=O)c2ccc3ccccc3c2)CC1. The second-order valence-electron chi connectivity index (χ2n) is 5.81. The molecule has 4 heteroatoms. The Morgan fingerprint density at radius 3 is 2.36 bits per heavy atom. The number of Topliss-reactive ketones (excluding diaryl/α,β-unsaturated/α-hetero) is 2. The molecule has 1 saturated carbocycles. The van der Waals surface area contributed by atoms with Crippen molar-refractivity contribution < 1.29 is 14.4 Å². The van der Waals surface area contributed by atoms with Crippen LogP contribution in [0.5, 0.6) is 0 Å². The first kappa shape index (κ1) is 14.4. The highest BCUT2D eigenvalue weighted by Gasteiger charge is 2.53. The average Bonchev–Trinajstić information content (AvgIpc) is 3.33. The number of amides is 1. The van der Waals surface area contributed by atoms with Gasteiger partial charge in [-0.3, -0.25) is 14.4 Å². The zero-order chi connectivity index (χ0) is 15.7. The summed E-state index contributed by atoms with van der Waals surface area (Å²) in [7, 11) is 0. The van der Waals surface area contributed by atoms with Gasteiger partial charge in [-0.2, -0.15) is 0 Å². The van der Waals surface area contributed by atoms with Gasteiger partial charge in [0.2, 0.25) is 0 Å². The van der Waals surface area contributed by atoms with Crippen LogP contribution in [0.2, 0.25) is 0 Å². The average molecular weight is 295 g/mol. The number of fused-ring (bicyclic) bond motifs is 1. The predicted octanol–water partition coefficient (Wildman–Crippen LogP) is 2.51. The van der Waals surface area contributed by atoms with Gasteiger partial charge < -0.3 is 5.32 Å². The molecule has 22 heavy (non-hydrogen) atoms. The molecule has 0 unspecified atom stereocenters. The van der Waals surface area contributed by atoms with Crippen molar-refractivity contribution >= 4 is 28.2 Å². The maximum atomic E-state index is 12.2. The van der Waals surface area contributed by atoms with Crippen molar-refractivity contribution in [3.05, 3.63) is 48.0 Å². The van der Waals surface area contributed by atoms with Gasteiger partial charge in [0.1, 0.15) is 5.78 Å². The second-order valence-corrected chi connectivity index (χ2v) is 5.81. The molecule has 0 saturated heterocycles. The lowest BCUT2D eigenvalue weighted by molar-refractivity contribution is -0.132. The predicted molar refractivity (Wildman–Crippen MR) is 83.6 cm³/mol. The fourth-order valence-electron chi connectivity index (χ4n) is 2.71. The van der Waals surface area contributed by atoms with Crippen molar-refractivity contribution in [2.75, 3.05) is 6.54 Å². The number of rotatable bonds is 5. The number of hydrogen-bond donors (Lipinski definition) is 1. The summed E-state index contributed by atoms with van der Waals surface area (Å²) < 4.78 is 0. The minimum atomic E-state index is -0.823. The molecular weight excluding hydrogens is 278 g/mol. The largest absolute Gasteiger partial charge is 0.345 e. The van der Waals surface area contributed by atoms with Crippen LogP contribution in [0, 0.1) is 5.41 Å². The molecule has 1 N–H and O–H groups in total. The number of hydrogen-bond acceptors (Lipinski definition) is 3. The zero-order valence-corrected chi connectivity index (χ0v) is 12.4. The molecule has 2 aromatic carbocycles. The Kier molecular flexibility index (Phi) is 3.53. The Bertz CT molecular complexity index is 775. The molecule has 112 valence electrons. The Morgan fingerprint density at radius 2 is 1.73 bits per heavy atom. The van der Waals surface area contributed by atoms with Gasteiger partial charge in [-0.05, 0) is 42.7 Å². The third kappa shape index (κ3) is 2.52. The first-order valence-corrected chi connectivity index (χ1v) is 7.34. The molecule has 0 aromatic heterocycles. The number of carbonyl (C=O) groups excluding carboxylic acids is 3. The van der Waals surface area contributed by atoms with E-state index in [0.717, 1.165) is 10.8 Å². The molecule has 0 atom stereocenters. The maximum absolute atomic E-state index is 12.2. The highest BCUT2D eigenvalue weighted by Crippen LogP contribution is 2.47. The Labute approximate surface area is 128 Å². The van der Waals surface area contributed by atoms with Crippen LogP contribution in [0.4, 0.5) is 0 Å². The van der Waals surface area contributed by atoms with Gasteiger partial charge in [-0.1, -0.05) is 30.3 Å². The van der Waals surface area contributed by atoms with Gasteiger partial charge in [0.25, 0.3) is 5.91 Å². The van der Waals surface area contributed by atoms with Crippen LogP contribution in [0.15, 0.2) is 42.5 Å². The van der Waals surface area contributed by atoms with E-state index in [4.69, 9.17) is 0 Å². The molecule has 0 spiro atoms. The number of carbonyl (C=O) groups is 3. The lowest BCUT2D eigenvalue weighted by Crippen LogP contribution is -2.36. The maximum Gasteiger partial charge on any atom is 0.251 e. The molecule has 0 bridgehead atoms. The first-order valence-electron chi connectivity index (χ1n) is 7.34. The van der Waals surface area contributed by atoms with Crippen LogP contribution in [0.1, 0.15) is 30.1 Å². The minimum Gasteiger partial charge on any atom is -0.345 e. The Morgan fingerprint density at radius 1 is 1.05 bits per heavy atom. The van der Waals surface area contributed by atoms with Crippen LogP contribution >= 0.6 is 0 Å². The molecule has 1 aliphatic carbocycles. The van der Waals surface area contributed by atoms with Gasteiger partial charge in [0.15, 0.2) is 5.78 Å². The van der Waals surface area contributed by atoms with Gasteiger partial charge >= 0.3 is 0 Å². The molecule has 4 nitrogen and oxygen atoms in total. The van der Waals surface area contributed by atoms with Crippen molar-refractivity contribution in [3.63, 3.8) is 0 Å². The van der Waals surface area contributed by atoms with Crippen LogP contribution in [-0.2, 0) is 9.59 Å². The van der Waals surface area contributed by atoms with E-state index >= 15 is 0 Å². The Hall–Kier alpha value is -2.49. The second kappa shape index (κ2) is 5.37. The van der Waals surface area contributed by atoms with Gasteiger partial charge in [-0.25, -0.2) is 0 Å². The van der Waals surface area contributed by atoms with Gasteiger partial charge in [0, 0.05) is 5.56 Å². The van der Waals surface area contributed by atoms with Gasteiger partial charge in [-0.15, -0.1) is 0 Å². The summed E-state index contributed by atoms with van der Waals surface area (Å²) in [5.41, 5.74) is -0.310. The number of nitrogens with one attached hydrogen (secondary N) is 1. The number of benzene rings is 2. The molecule has 0 radical (unpaired) electrons. The van der Waals surface area contributed by atoms with Crippen molar-refractivity contribution in [3.8, 4) is 0 Å². The van der Waals surface area contributed by atoms with E-state index in [2.05, 4.69) is 5.32 Å². The molecule has 1 aliphatic rings. The normalized spacial score (nSPS) is 15.3. The molecule has 0 aliphatic heterocycles. The van der Waals surface area contributed by atoms with E-state index in [-0.39, 0.29) is 24.0 Å². The van der Waals surface area contributed by atoms with Crippen molar-refractivity contribution in [1.82, 2.24) is 5.32 Å². The monoisotopic (exact) mass is 295 g/mol.